The van der Waals surface area contributed by atoms with E-state index in [2.05, 4.69) is 9.97 Å². The molecule has 1 aromatic carbocycles. The fourth-order valence-corrected chi connectivity index (χ4v) is 1.64. The first-order valence-corrected chi connectivity index (χ1v) is 5.44. The van der Waals surface area contributed by atoms with Crippen LogP contribution in [-0.4, -0.2) is 28.2 Å². The highest BCUT2D eigenvalue weighted by molar-refractivity contribution is 5.85. The van der Waals surface area contributed by atoms with E-state index >= 15 is 0 Å². The van der Waals surface area contributed by atoms with Crippen LogP contribution in [0.1, 0.15) is 16.1 Å². The number of carbonyl (C=O) groups is 1. The van der Waals surface area contributed by atoms with Crippen LogP contribution in [0, 0.1) is 12.7 Å². The average Bonchev–Trinajstić information content (AvgIpc) is 2.41. The minimum absolute atomic E-state index is 0.0158. The topological polar surface area (TPSA) is 72.3 Å². The molecule has 2 rings (SSSR count). The molecule has 1 aromatic heterocycles. The predicted octanol–water partition coefficient (Wildman–Crippen LogP) is 2.30. The third kappa shape index (κ3) is 2.37. The zero-order valence-electron chi connectivity index (χ0n) is 10.3. The number of hydrogen-bond donors (Lipinski definition) is 1. The van der Waals surface area contributed by atoms with Crippen LogP contribution in [0.5, 0.6) is 5.75 Å². The highest BCUT2D eigenvalue weighted by Gasteiger charge is 2.18. The van der Waals surface area contributed by atoms with Gasteiger partial charge in [-0.05, 0) is 24.6 Å². The molecule has 2 aromatic rings. The average molecular weight is 262 g/mol. The monoisotopic (exact) mass is 262 g/mol. The molecular formula is C13H11FN2O3. The molecule has 6 heteroatoms. The number of ether oxygens (including phenoxy) is 1. The Morgan fingerprint density at radius 2 is 2.11 bits per heavy atom. The van der Waals surface area contributed by atoms with E-state index in [1.807, 2.05) is 0 Å². The molecule has 1 N–H and O–H groups in total. The highest BCUT2D eigenvalue weighted by atomic mass is 19.1. The van der Waals surface area contributed by atoms with E-state index < -0.39 is 11.8 Å². The third-order valence-electron chi connectivity index (χ3n) is 2.62. The maximum Gasteiger partial charge on any atom is 0.354 e. The van der Waals surface area contributed by atoms with Gasteiger partial charge in [0.25, 0.3) is 0 Å². The van der Waals surface area contributed by atoms with E-state index in [0.29, 0.717) is 5.56 Å². The van der Waals surface area contributed by atoms with Gasteiger partial charge >= 0.3 is 5.97 Å². The van der Waals surface area contributed by atoms with Gasteiger partial charge in [0.05, 0.1) is 12.7 Å². The van der Waals surface area contributed by atoms with Crippen molar-refractivity contribution in [2.45, 2.75) is 6.92 Å². The quantitative estimate of drug-likeness (QED) is 0.918. The summed E-state index contributed by atoms with van der Waals surface area (Å²) < 4.78 is 19.2. The number of nitrogens with zero attached hydrogens (tertiary/aromatic N) is 2. The van der Waals surface area contributed by atoms with Gasteiger partial charge in [-0.15, -0.1) is 0 Å². The molecule has 98 valence electrons. The molecule has 0 saturated heterocycles. The van der Waals surface area contributed by atoms with Crippen LogP contribution < -0.4 is 4.74 Å². The van der Waals surface area contributed by atoms with Crippen LogP contribution in [0.2, 0.25) is 0 Å². The minimum Gasteiger partial charge on any atom is -0.496 e. The molecule has 0 spiro atoms. The van der Waals surface area contributed by atoms with Crippen molar-refractivity contribution in [3.05, 3.63) is 41.5 Å². The highest BCUT2D eigenvalue weighted by Crippen LogP contribution is 2.31. The summed E-state index contributed by atoms with van der Waals surface area (Å²) in [6, 6.07) is 4.40. The predicted molar refractivity (Wildman–Crippen MR) is 65.7 cm³/mol. The van der Waals surface area contributed by atoms with Crippen LogP contribution in [0.4, 0.5) is 4.39 Å². The fourth-order valence-electron chi connectivity index (χ4n) is 1.64. The summed E-state index contributed by atoms with van der Waals surface area (Å²) in [5.41, 5.74) is 0.263. The Kier molecular flexibility index (Phi) is 3.41. The standard InChI is InChI=1S/C13H11FN2O3/c1-7-3-4-9(19-2)10(11(7)14)12-15-6-5-8(16-12)13(17)18/h3-6H,1-2H3,(H,17,18). The molecule has 0 atom stereocenters. The Balaban J connectivity index is 2.67. The number of methoxy groups -OCH3 is 1. The first-order chi connectivity index (χ1) is 9.04. The lowest BCUT2D eigenvalue weighted by atomic mass is 10.1. The molecule has 0 aliphatic heterocycles. The molecule has 5 nitrogen and oxygen atoms in total. The van der Waals surface area contributed by atoms with Crippen LogP contribution >= 0.6 is 0 Å². The van der Waals surface area contributed by atoms with E-state index in [-0.39, 0.29) is 22.8 Å². The van der Waals surface area contributed by atoms with Gasteiger partial charge in [-0.3, -0.25) is 0 Å². The van der Waals surface area contributed by atoms with Gasteiger partial charge in [0.15, 0.2) is 11.5 Å². The molecule has 0 aliphatic carbocycles. The molecule has 0 amide bonds. The summed E-state index contributed by atoms with van der Waals surface area (Å²) in [6.07, 6.45) is 1.27. The van der Waals surface area contributed by atoms with Crippen LogP contribution in [0.3, 0.4) is 0 Å². The van der Waals surface area contributed by atoms with Crippen LogP contribution in [0.15, 0.2) is 24.4 Å². The largest absolute Gasteiger partial charge is 0.496 e. The lowest BCUT2D eigenvalue weighted by Crippen LogP contribution is -2.04. The Labute approximate surface area is 108 Å². The van der Waals surface area contributed by atoms with Gasteiger partial charge in [-0.2, -0.15) is 0 Å². The van der Waals surface area contributed by atoms with Gasteiger partial charge in [0.1, 0.15) is 11.6 Å². The number of rotatable bonds is 3. The Morgan fingerprint density at radius 3 is 2.74 bits per heavy atom. The number of carboxylic acids is 1. The number of hydrogen-bond acceptors (Lipinski definition) is 4. The summed E-state index contributed by atoms with van der Waals surface area (Å²) in [5, 5.41) is 8.89. The number of aromatic carboxylic acids is 1. The number of aromatic nitrogens is 2. The summed E-state index contributed by atoms with van der Waals surface area (Å²) in [5.74, 6) is -1.49. The first kappa shape index (κ1) is 12.9. The van der Waals surface area contributed by atoms with E-state index in [9.17, 15) is 9.18 Å². The van der Waals surface area contributed by atoms with E-state index in [1.165, 1.54) is 19.4 Å². The third-order valence-corrected chi connectivity index (χ3v) is 2.62. The molecular weight excluding hydrogens is 251 g/mol. The zero-order chi connectivity index (χ0) is 14.0. The number of halogens is 1. The molecule has 0 unspecified atom stereocenters. The Hall–Kier alpha value is -2.50. The summed E-state index contributed by atoms with van der Waals surface area (Å²) in [7, 11) is 1.40. The minimum atomic E-state index is -1.20. The van der Waals surface area contributed by atoms with Gasteiger partial charge in [0, 0.05) is 6.20 Å². The van der Waals surface area contributed by atoms with Gasteiger partial charge < -0.3 is 9.84 Å². The van der Waals surface area contributed by atoms with E-state index in [1.54, 1.807) is 19.1 Å². The maximum absolute atomic E-state index is 14.2. The fraction of sp³-hybridized carbons (Fsp3) is 0.154. The van der Waals surface area contributed by atoms with E-state index in [4.69, 9.17) is 9.84 Å². The van der Waals surface area contributed by atoms with Crippen molar-refractivity contribution in [2.75, 3.05) is 7.11 Å². The van der Waals surface area contributed by atoms with Crippen LogP contribution in [0.25, 0.3) is 11.4 Å². The lowest BCUT2D eigenvalue weighted by Gasteiger charge is -2.10. The molecule has 19 heavy (non-hydrogen) atoms. The van der Waals surface area contributed by atoms with Crippen molar-refractivity contribution in [2.24, 2.45) is 0 Å². The second kappa shape index (κ2) is 5.01. The van der Waals surface area contributed by atoms with Gasteiger partial charge in [-0.1, -0.05) is 6.07 Å². The maximum atomic E-state index is 14.2. The number of benzene rings is 1. The normalized spacial score (nSPS) is 10.3. The van der Waals surface area contributed by atoms with E-state index in [0.717, 1.165) is 0 Å². The Bertz CT molecular complexity index is 644. The summed E-state index contributed by atoms with van der Waals surface area (Å²) in [4.78, 5) is 18.6. The van der Waals surface area contributed by atoms with Crippen molar-refractivity contribution in [1.29, 1.82) is 0 Å². The molecule has 0 radical (unpaired) electrons. The van der Waals surface area contributed by atoms with Crippen molar-refractivity contribution in [3.8, 4) is 17.1 Å². The summed E-state index contributed by atoms with van der Waals surface area (Å²) in [6.45, 7) is 1.60. The van der Waals surface area contributed by atoms with Crippen molar-refractivity contribution < 1.29 is 19.0 Å². The molecule has 0 bridgehead atoms. The number of carboxylic acid groups (broad SMARTS) is 1. The lowest BCUT2D eigenvalue weighted by molar-refractivity contribution is 0.0690. The SMILES string of the molecule is COc1ccc(C)c(F)c1-c1nccc(C(=O)O)n1. The van der Waals surface area contributed by atoms with Crippen LogP contribution in [-0.2, 0) is 0 Å². The Morgan fingerprint density at radius 1 is 1.37 bits per heavy atom. The first-order valence-electron chi connectivity index (χ1n) is 5.44. The van der Waals surface area contributed by atoms with Gasteiger partial charge in [0.2, 0.25) is 0 Å². The van der Waals surface area contributed by atoms with Crippen molar-refractivity contribution >= 4 is 5.97 Å². The number of aryl methyl sites for hydroxylation is 1. The van der Waals surface area contributed by atoms with Crippen molar-refractivity contribution in [1.82, 2.24) is 9.97 Å². The second-order valence-electron chi connectivity index (χ2n) is 3.84. The second-order valence-corrected chi connectivity index (χ2v) is 3.84. The van der Waals surface area contributed by atoms with Gasteiger partial charge in [-0.25, -0.2) is 19.2 Å². The zero-order valence-corrected chi connectivity index (χ0v) is 10.3. The molecule has 1 heterocycles. The molecule has 0 aliphatic rings. The smallest absolute Gasteiger partial charge is 0.354 e. The molecule has 0 fully saturated rings. The molecule has 0 saturated carbocycles. The summed E-state index contributed by atoms with van der Waals surface area (Å²) >= 11 is 0. The van der Waals surface area contributed by atoms with Crippen molar-refractivity contribution in [3.63, 3.8) is 0 Å².